The standard InChI is InChI=1S/C4H3N2OS/c7-4-5-2-1-3(8)6-4/h1-2H,(H,5,6,8). The molecule has 0 aliphatic rings. The van der Waals surface area contributed by atoms with Gasteiger partial charge in [0.25, 0.3) is 0 Å². The molecule has 3 nitrogen and oxygen atoms in total. The second-order valence-corrected chi connectivity index (χ2v) is 1.66. The van der Waals surface area contributed by atoms with Crippen molar-refractivity contribution in [1.82, 2.24) is 9.97 Å². The number of rotatable bonds is 0. The van der Waals surface area contributed by atoms with Gasteiger partial charge < -0.3 is 0 Å². The Morgan fingerprint density at radius 1 is 1.62 bits per heavy atom. The van der Waals surface area contributed by atoms with E-state index in [1.54, 1.807) is 6.07 Å². The Bertz CT molecular complexity index is 174. The SMILES string of the molecule is [O]c1nccc(S)n1. The van der Waals surface area contributed by atoms with Gasteiger partial charge in [-0.1, -0.05) is 0 Å². The lowest BCUT2D eigenvalue weighted by Crippen LogP contribution is -1.76. The molecule has 1 heterocycles. The number of aromatic nitrogens is 2. The summed E-state index contributed by atoms with van der Waals surface area (Å²) in [5.41, 5.74) is 0. The molecule has 0 saturated heterocycles. The second kappa shape index (κ2) is 2.00. The van der Waals surface area contributed by atoms with E-state index >= 15 is 0 Å². The minimum atomic E-state index is -0.488. The number of hydrogen-bond acceptors (Lipinski definition) is 3. The fourth-order valence-corrected chi connectivity index (χ4v) is 0.484. The van der Waals surface area contributed by atoms with Crippen LogP contribution in [-0.2, 0) is 5.11 Å². The zero-order valence-corrected chi connectivity index (χ0v) is 4.80. The topological polar surface area (TPSA) is 45.7 Å². The average Bonchev–Trinajstić information content (AvgIpc) is 1.64. The molecule has 0 aliphatic carbocycles. The monoisotopic (exact) mass is 127 g/mol. The van der Waals surface area contributed by atoms with Gasteiger partial charge in [0.2, 0.25) is 0 Å². The van der Waals surface area contributed by atoms with E-state index in [4.69, 9.17) is 0 Å². The number of thiol groups is 1. The second-order valence-electron chi connectivity index (χ2n) is 1.20. The van der Waals surface area contributed by atoms with Gasteiger partial charge in [-0.05, 0) is 6.07 Å². The Morgan fingerprint density at radius 2 is 2.38 bits per heavy atom. The minimum Gasteiger partial charge on any atom is -0.244 e. The van der Waals surface area contributed by atoms with Crippen LogP contribution in [0.5, 0.6) is 6.01 Å². The highest BCUT2D eigenvalue weighted by Crippen LogP contribution is 2.03. The molecule has 1 rings (SSSR count). The van der Waals surface area contributed by atoms with Crippen LogP contribution in [0.2, 0.25) is 0 Å². The molecule has 8 heavy (non-hydrogen) atoms. The van der Waals surface area contributed by atoms with Crippen molar-refractivity contribution in [3.63, 3.8) is 0 Å². The largest absolute Gasteiger partial charge is 0.368 e. The maximum atomic E-state index is 10.2. The van der Waals surface area contributed by atoms with Gasteiger partial charge in [0.15, 0.2) is 0 Å². The molecule has 0 saturated carbocycles. The Labute approximate surface area is 51.8 Å². The van der Waals surface area contributed by atoms with Crippen LogP contribution < -0.4 is 0 Å². The molecule has 0 bridgehead atoms. The highest BCUT2D eigenvalue weighted by atomic mass is 32.1. The van der Waals surface area contributed by atoms with Gasteiger partial charge >= 0.3 is 6.01 Å². The predicted molar refractivity (Wildman–Crippen MR) is 29.4 cm³/mol. The molecule has 1 aromatic rings. The van der Waals surface area contributed by atoms with Crippen LogP contribution in [0, 0.1) is 0 Å². The molecule has 0 aromatic carbocycles. The zero-order valence-electron chi connectivity index (χ0n) is 3.90. The summed E-state index contributed by atoms with van der Waals surface area (Å²) in [6, 6.07) is 1.06. The molecule has 41 valence electrons. The summed E-state index contributed by atoms with van der Waals surface area (Å²) >= 11 is 3.80. The van der Waals surface area contributed by atoms with Crippen molar-refractivity contribution in [2.24, 2.45) is 0 Å². The maximum absolute atomic E-state index is 10.2. The fourth-order valence-electron chi connectivity index (χ4n) is 0.332. The normalized spacial score (nSPS) is 9.12. The fraction of sp³-hybridized carbons (Fsp3) is 0. The van der Waals surface area contributed by atoms with Crippen molar-refractivity contribution >= 4 is 12.6 Å². The first-order valence-electron chi connectivity index (χ1n) is 1.98. The quantitative estimate of drug-likeness (QED) is 0.416. The first-order valence-corrected chi connectivity index (χ1v) is 2.43. The van der Waals surface area contributed by atoms with Gasteiger partial charge in [0.1, 0.15) is 5.03 Å². The number of nitrogens with zero attached hydrogens (tertiary/aromatic N) is 2. The van der Waals surface area contributed by atoms with Crippen LogP contribution in [0.25, 0.3) is 0 Å². The molecule has 0 amide bonds. The van der Waals surface area contributed by atoms with Gasteiger partial charge in [0.05, 0.1) is 0 Å². The van der Waals surface area contributed by atoms with Crippen LogP contribution in [0.15, 0.2) is 17.3 Å². The molecule has 0 unspecified atom stereocenters. The molecule has 4 heteroatoms. The smallest absolute Gasteiger partial charge is 0.244 e. The maximum Gasteiger partial charge on any atom is 0.368 e. The summed E-state index contributed by atoms with van der Waals surface area (Å²) in [6.45, 7) is 0. The molecule has 1 aromatic heterocycles. The summed E-state index contributed by atoms with van der Waals surface area (Å²) in [4.78, 5) is 6.70. The van der Waals surface area contributed by atoms with E-state index in [-0.39, 0.29) is 0 Å². The van der Waals surface area contributed by atoms with Gasteiger partial charge in [-0.25, -0.2) is 5.11 Å². The molecule has 0 spiro atoms. The summed E-state index contributed by atoms with van der Waals surface area (Å²) in [5, 5.41) is 10.6. The van der Waals surface area contributed by atoms with E-state index < -0.39 is 6.01 Å². The first kappa shape index (κ1) is 5.37. The molecule has 0 N–H and O–H groups in total. The van der Waals surface area contributed by atoms with Crippen LogP contribution in [-0.4, -0.2) is 9.97 Å². The molecular weight excluding hydrogens is 124 g/mol. The predicted octanol–water partition coefficient (Wildman–Crippen LogP) is 0.909. The van der Waals surface area contributed by atoms with Crippen LogP contribution >= 0.6 is 12.6 Å². The van der Waals surface area contributed by atoms with Crippen molar-refractivity contribution in [1.29, 1.82) is 0 Å². The Morgan fingerprint density at radius 3 is 2.75 bits per heavy atom. The van der Waals surface area contributed by atoms with Crippen molar-refractivity contribution in [3.8, 4) is 6.01 Å². The van der Waals surface area contributed by atoms with Crippen LogP contribution in [0.1, 0.15) is 0 Å². The van der Waals surface area contributed by atoms with Crippen molar-refractivity contribution < 1.29 is 5.11 Å². The van der Waals surface area contributed by atoms with Gasteiger partial charge in [-0.2, -0.15) is 9.97 Å². The summed E-state index contributed by atoms with van der Waals surface area (Å²) < 4.78 is 0. The Balaban J connectivity index is 3.08. The third-order valence-electron chi connectivity index (χ3n) is 0.619. The summed E-state index contributed by atoms with van der Waals surface area (Å²) in [5.74, 6) is 0. The van der Waals surface area contributed by atoms with E-state index in [1.807, 2.05) is 0 Å². The lowest BCUT2D eigenvalue weighted by Gasteiger charge is -1.84. The van der Waals surface area contributed by atoms with E-state index in [1.165, 1.54) is 6.20 Å². The van der Waals surface area contributed by atoms with Crippen LogP contribution in [0.4, 0.5) is 0 Å². The van der Waals surface area contributed by atoms with Crippen molar-refractivity contribution in [2.45, 2.75) is 5.03 Å². The van der Waals surface area contributed by atoms with Crippen molar-refractivity contribution in [2.75, 3.05) is 0 Å². The van der Waals surface area contributed by atoms with Crippen LogP contribution in [0.3, 0.4) is 0 Å². The van der Waals surface area contributed by atoms with Crippen molar-refractivity contribution in [3.05, 3.63) is 12.3 Å². The van der Waals surface area contributed by atoms with Gasteiger partial charge in [-0.3, -0.25) is 0 Å². The van der Waals surface area contributed by atoms with E-state index in [2.05, 4.69) is 22.6 Å². The first-order chi connectivity index (χ1) is 3.79. The molecular formula is C4H3N2OS. The molecule has 1 radical (unpaired) electrons. The minimum absolute atomic E-state index is 0.407. The van der Waals surface area contributed by atoms with Gasteiger partial charge in [0, 0.05) is 6.20 Å². The third-order valence-corrected chi connectivity index (χ3v) is 0.868. The van der Waals surface area contributed by atoms with Gasteiger partial charge in [-0.15, -0.1) is 12.6 Å². The van der Waals surface area contributed by atoms with E-state index in [0.29, 0.717) is 5.03 Å². The zero-order chi connectivity index (χ0) is 5.98. The lowest BCUT2D eigenvalue weighted by atomic mass is 10.7. The Kier molecular flexibility index (Phi) is 1.34. The highest BCUT2D eigenvalue weighted by Gasteiger charge is 1.90. The third kappa shape index (κ3) is 1.10. The molecule has 0 fully saturated rings. The Hall–Kier alpha value is -0.770. The summed E-state index contributed by atoms with van der Waals surface area (Å²) in [6.07, 6.45) is 1.37. The van der Waals surface area contributed by atoms with E-state index in [0.717, 1.165) is 0 Å². The summed E-state index contributed by atoms with van der Waals surface area (Å²) in [7, 11) is 0. The number of hydrogen-bond donors (Lipinski definition) is 1. The lowest BCUT2D eigenvalue weighted by molar-refractivity contribution is 0.315. The van der Waals surface area contributed by atoms with E-state index in [9.17, 15) is 5.11 Å². The molecule has 0 atom stereocenters. The molecule has 0 aliphatic heterocycles. The average molecular weight is 127 g/mol. The highest BCUT2D eigenvalue weighted by molar-refractivity contribution is 7.80.